The van der Waals surface area contributed by atoms with Crippen molar-refractivity contribution in [1.82, 2.24) is 0 Å². The fourth-order valence-electron chi connectivity index (χ4n) is 2.26. The van der Waals surface area contributed by atoms with Gasteiger partial charge in [0.05, 0.1) is 30.0 Å². The van der Waals surface area contributed by atoms with Crippen molar-refractivity contribution in [1.29, 1.82) is 0 Å². The summed E-state index contributed by atoms with van der Waals surface area (Å²) in [6.45, 7) is 5.89. The van der Waals surface area contributed by atoms with Gasteiger partial charge in [0.1, 0.15) is 0 Å². The number of hydrogen-bond acceptors (Lipinski definition) is 4. The third-order valence-electron chi connectivity index (χ3n) is 3.19. The minimum Gasteiger partial charge on any atom is -0.478 e. The van der Waals surface area contributed by atoms with Crippen LogP contribution in [0.3, 0.4) is 0 Å². The highest BCUT2D eigenvalue weighted by atomic mass is 16.5. The molecule has 1 aliphatic heterocycles. The van der Waals surface area contributed by atoms with E-state index in [4.69, 9.17) is 10.5 Å². The van der Waals surface area contributed by atoms with Crippen LogP contribution in [0.4, 0.5) is 11.4 Å². The lowest BCUT2D eigenvalue weighted by Crippen LogP contribution is -2.53. The van der Waals surface area contributed by atoms with E-state index in [1.165, 1.54) is 0 Å². The molecule has 0 saturated carbocycles. The topological polar surface area (TPSA) is 75.8 Å². The first-order chi connectivity index (χ1) is 8.42. The Hall–Kier alpha value is -1.75. The Morgan fingerprint density at radius 1 is 1.50 bits per heavy atom. The van der Waals surface area contributed by atoms with Gasteiger partial charge in [-0.2, -0.15) is 0 Å². The van der Waals surface area contributed by atoms with Crippen molar-refractivity contribution in [2.24, 2.45) is 0 Å². The van der Waals surface area contributed by atoms with Crippen LogP contribution >= 0.6 is 0 Å². The van der Waals surface area contributed by atoms with E-state index in [1.54, 1.807) is 18.2 Å². The highest BCUT2D eigenvalue weighted by Crippen LogP contribution is 2.31. The summed E-state index contributed by atoms with van der Waals surface area (Å²) in [6, 6.07) is 4.88. The van der Waals surface area contributed by atoms with E-state index in [0.717, 1.165) is 0 Å². The lowest BCUT2D eigenvalue weighted by Gasteiger charge is -2.44. The van der Waals surface area contributed by atoms with E-state index in [-0.39, 0.29) is 11.1 Å². The van der Waals surface area contributed by atoms with Gasteiger partial charge in [-0.15, -0.1) is 0 Å². The Morgan fingerprint density at radius 2 is 2.22 bits per heavy atom. The number of nitrogens with zero attached hydrogens (tertiary/aromatic N) is 1. The molecule has 1 aliphatic rings. The molecule has 5 nitrogen and oxygen atoms in total. The fraction of sp³-hybridized carbons (Fsp3) is 0.462. The fourth-order valence-corrected chi connectivity index (χ4v) is 2.26. The van der Waals surface area contributed by atoms with Gasteiger partial charge in [-0.1, -0.05) is 0 Å². The molecule has 0 bridgehead atoms. The average Bonchev–Trinajstić information content (AvgIpc) is 2.27. The number of rotatable bonds is 2. The largest absolute Gasteiger partial charge is 0.478 e. The third kappa shape index (κ3) is 2.26. The highest BCUT2D eigenvalue weighted by Gasteiger charge is 2.32. The van der Waals surface area contributed by atoms with Crippen LogP contribution in [0, 0.1) is 0 Å². The number of ether oxygens (including phenoxy) is 1. The summed E-state index contributed by atoms with van der Waals surface area (Å²) < 4.78 is 5.45. The molecule has 2 rings (SSSR count). The van der Waals surface area contributed by atoms with Crippen LogP contribution in [-0.4, -0.2) is 36.4 Å². The summed E-state index contributed by atoms with van der Waals surface area (Å²) in [4.78, 5) is 13.3. The molecule has 98 valence electrons. The lowest BCUT2D eigenvalue weighted by atomic mass is 9.99. The maximum Gasteiger partial charge on any atom is 0.337 e. The molecule has 0 unspecified atom stereocenters. The minimum absolute atomic E-state index is 0.240. The Morgan fingerprint density at radius 3 is 2.83 bits per heavy atom. The molecule has 1 aromatic rings. The first-order valence-electron chi connectivity index (χ1n) is 5.90. The Kier molecular flexibility index (Phi) is 3.17. The number of nitrogen functional groups attached to an aromatic ring is 1. The van der Waals surface area contributed by atoms with Gasteiger partial charge in [-0.3, -0.25) is 0 Å². The number of anilines is 2. The lowest BCUT2D eigenvalue weighted by molar-refractivity contribution is 0.0629. The second-order valence-corrected chi connectivity index (χ2v) is 5.10. The number of carboxylic acid groups (broad SMARTS) is 1. The first kappa shape index (κ1) is 12.7. The van der Waals surface area contributed by atoms with Crippen LogP contribution < -0.4 is 10.6 Å². The van der Waals surface area contributed by atoms with Gasteiger partial charge >= 0.3 is 5.97 Å². The summed E-state index contributed by atoms with van der Waals surface area (Å²) in [5.41, 5.74) is 7.04. The van der Waals surface area contributed by atoms with Gasteiger partial charge in [0.25, 0.3) is 0 Å². The van der Waals surface area contributed by atoms with Crippen LogP contribution in [0.5, 0.6) is 0 Å². The smallest absolute Gasteiger partial charge is 0.337 e. The van der Waals surface area contributed by atoms with Crippen molar-refractivity contribution in [2.75, 3.05) is 30.4 Å². The van der Waals surface area contributed by atoms with Gasteiger partial charge in [0.15, 0.2) is 0 Å². The maximum absolute atomic E-state index is 11.3. The van der Waals surface area contributed by atoms with E-state index < -0.39 is 5.97 Å². The molecule has 0 spiro atoms. The molecule has 5 heteroatoms. The highest BCUT2D eigenvalue weighted by molar-refractivity contribution is 5.95. The number of morpholine rings is 1. The van der Waals surface area contributed by atoms with Gasteiger partial charge < -0.3 is 20.5 Å². The monoisotopic (exact) mass is 250 g/mol. The number of nitrogens with two attached hydrogens (primary N) is 1. The maximum atomic E-state index is 11.3. The molecule has 1 saturated heterocycles. The van der Waals surface area contributed by atoms with Crippen molar-refractivity contribution >= 4 is 17.3 Å². The molecule has 1 aromatic carbocycles. The Balaban J connectivity index is 2.48. The first-order valence-corrected chi connectivity index (χ1v) is 5.90. The molecule has 0 aromatic heterocycles. The zero-order valence-corrected chi connectivity index (χ0v) is 10.6. The quantitative estimate of drug-likeness (QED) is 0.779. The molecule has 0 amide bonds. The number of hydrogen-bond donors (Lipinski definition) is 2. The van der Waals surface area contributed by atoms with E-state index in [1.807, 2.05) is 13.8 Å². The van der Waals surface area contributed by atoms with Crippen LogP contribution in [0.25, 0.3) is 0 Å². The van der Waals surface area contributed by atoms with Crippen molar-refractivity contribution in [3.8, 4) is 0 Å². The van der Waals surface area contributed by atoms with Crippen LogP contribution in [0.1, 0.15) is 24.2 Å². The molecule has 0 atom stereocenters. The summed E-state index contributed by atoms with van der Waals surface area (Å²) >= 11 is 0. The predicted molar refractivity (Wildman–Crippen MR) is 70.1 cm³/mol. The molecule has 1 fully saturated rings. The number of aromatic carboxylic acids is 1. The standard InChI is InChI=1S/C13H18N2O3/c1-13(2)8-18-6-5-15(13)11-7-9(14)3-4-10(11)12(16)17/h3-4,7H,5-6,8,14H2,1-2H3,(H,16,17). The molecule has 1 heterocycles. The molecule has 0 radical (unpaired) electrons. The van der Waals surface area contributed by atoms with Crippen LogP contribution in [-0.2, 0) is 4.74 Å². The van der Waals surface area contributed by atoms with E-state index in [0.29, 0.717) is 31.1 Å². The zero-order chi connectivity index (χ0) is 13.3. The van der Waals surface area contributed by atoms with E-state index >= 15 is 0 Å². The summed E-state index contributed by atoms with van der Waals surface area (Å²) in [6.07, 6.45) is 0. The SMILES string of the molecule is CC1(C)COCCN1c1cc(N)ccc1C(=O)O. The van der Waals surface area contributed by atoms with E-state index in [9.17, 15) is 9.90 Å². The Bertz CT molecular complexity index is 471. The molecular formula is C13H18N2O3. The summed E-state index contributed by atoms with van der Waals surface area (Å²) in [5, 5.41) is 9.26. The van der Waals surface area contributed by atoms with Crippen molar-refractivity contribution in [3.05, 3.63) is 23.8 Å². The second-order valence-electron chi connectivity index (χ2n) is 5.10. The van der Waals surface area contributed by atoms with Crippen LogP contribution in [0.2, 0.25) is 0 Å². The van der Waals surface area contributed by atoms with Gasteiger partial charge in [-0.05, 0) is 32.0 Å². The van der Waals surface area contributed by atoms with Gasteiger partial charge in [0, 0.05) is 12.2 Å². The molecular weight excluding hydrogens is 232 g/mol. The number of carbonyl (C=O) groups is 1. The Labute approximate surface area is 106 Å². The molecule has 3 N–H and O–H groups in total. The van der Waals surface area contributed by atoms with Gasteiger partial charge in [-0.25, -0.2) is 4.79 Å². The number of carboxylic acids is 1. The number of benzene rings is 1. The average molecular weight is 250 g/mol. The zero-order valence-electron chi connectivity index (χ0n) is 10.6. The van der Waals surface area contributed by atoms with Crippen molar-refractivity contribution in [2.45, 2.75) is 19.4 Å². The minimum atomic E-state index is -0.938. The van der Waals surface area contributed by atoms with Crippen molar-refractivity contribution < 1.29 is 14.6 Å². The second kappa shape index (κ2) is 4.49. The summed E-state index contributed by atoms with van der Waals surface area (Å²) in [7, 11) is 0. The predicted octanol–water partition coefficient (Wildman–Crippen LogP) is 1.58. The van der Waals surface area contributed by atoms with E-state index in [2.05, 4.69) is 4.90 Å². The molecule has 0 aliphatic carbocycles. The molecule has 18 heavy (non-hydrogen) atoms. The van der Waals surface area contributed by atoms with Gasteiger partial charge in [0.2, 0.25) is 0 Å². The van der Waals surface area contributed by atoms with Crippen molar-refractivity contribution in [3.63, 3.8) is 0 Å². The van der Waals surface area contributed by atoms with Crippen LogP contribution in [0.15, 0.2) is 18.2 Å². The third-order valence-corrected chi connectivity index (χ3v) is 3.19. The normalized spacial score (nSPS) is 18.7. The summed E-state index contributed by atoms with van der Waals surface area (Å²) in [5.74, 6) is -0.938.